The molecule has 0 aliphatic carbocycles. The number of sulfonamides is 1. The second kappa shape index (κ2) is 5.48. The summed E-state index contributed by atoms with van der Waals surface area (Å²) in [4.78, 5) is 0. The van der Waals surface area contributed by atoms with Crippen molar-refractivity contribution in [2.45, 2.75) is 31.2 Å². The lowest BCUT2D eigenvalue weighted by molar-refractivity contribution is 0.125. The quantitative estimate of drug-likeness (QED) is 0.843. The molecule has 106 valence electrons. The summed E-state index contributed by atoms with van der Waals surface area (Å²) in [5, 5.41) is -0.456. The Morgan fingerprint density at radius 3 is 2.68 bits per heavy atom. The third-order valence-corrected chi connectivity index (χ3v) is 5.95. The van der Waals surface area contributed by atoms with Crippen molar-refractivity contribution in [2.75, 3.05) is 19.4 Å². The lowest BCUT2D eigenvalue weighted by Crippen LogP contribution is -2.39. The molecule has 1 aromatic rings. The molecule has 0 amide bonds. The third kappa shape index (κ3) is 2.91. The van der Waals surface area contributed by atoms with E-state index in [2.05, 4.69) is 0 Å². The molecule has 2 N–H and O–H groups in total. The molecule has 0 aromatic heterocycles. The molecule has 1 aliphatic rings. The van der Waals surface area contributed by atoms with Gasteiger partial charge >= 0.3 is 0 Å². The Kier molecular flexibility index (Phi) is 4.13. The lowest BCUT2D eigenvalue weighted by atomic mass is 10.2. The number of nitrogens with zero attached hydrogens (tertiary/aromatic N) is 1. The first kappa shape index (κ1) is 14.3. The van der Waals surface area contributed by atoms with Crippen LogP contribution in [-0.2, 0) is 21.3 Å². The normalized spacial score (nSPS) is 23.9. The monoisotopic (exact) mass is 284 g/mol. The van der Waals surface area contributed by atoms with E-state index in [0.717, 1.165) is 5.56 Å². The molecule has 1 fully saturated rings. The number of nitrogen functional groups attached to an aromatic ring is 1. The molecule has 0 spiro atoms. The first-order valence-electron chi connectivity index (χ1n) is 6.33. The Bertz CT molecular complexity index is 545. The number of benzene rings is 1. The van der Waals surface area contributed by atoms with Crippen LogP contribution in [0.4, 0.5) is 5.69 Å². The van der Waals surface area contributed by atoms with E-state index in [1.54, 1.807) is 20.0 Å². The van der Waals surface area contributed by atoms with Crippen LogP contribution in [-0.4, -0.2) is 37.7 Å². The summed E-state index contributed by atoms with van der Waals surface area (Å²) < 4.78 is 31.6. The maximum atomic E-state index is 12.5. The number of para-hydroxylation sites is 1. The lowest BCUT2D eigenvalue weighted by Gasteiger charge is -2.23. The molecule has 0 unspecified atom stereocenters. The van der Waals surface area contributed by atoms with Crippen LogP contribution in [0.25, 0.3) is 0 Å². The molecular weight excluding hydrogens is 264 g/mol. The highest BCUT2D eigenvalue weighted by Crippen LogP contribution is 2.25. The van der Waals surface area contributed by atoms with E-state index in [9.17, 15) is 8.42 Å². The summed E-state index contributed by atoms with van der Waals surface area (Å²) in [6, 6.07) is 7.31. The summed E-state index contributed by atoms with van der Waals surface area (Å²) in [5.41, 5.74) is 7.28. The number of ether oxygens (including phenoxy) is 1. The summed E-state index contributed by atoms with van der Waals surface area (Å²) in [6.07, 6.45) is 0.304. The van der Waals surface area contributed by atoms with Crippen LogP contribution in [0.5, 0.6) is 0 Å². The Morgan fingerprint density at radius 2 is 2.11 bits per heavy atom. The molecule has 1 heterocycles. The van der Waals surface area contributed by atoms with Crippen molar-refractivity contribution < 1.29 is 13.2 Å². The van der Waals surface area contributed by atoms with Gasteiger partial charge in [0.05, 0.1) is 6.10 Å². The number of rotatable bonds is 4. The molecule has 1 saturated heterocycles. The largest absolute Gasteiger partial charge is 0.398 e. The van der Waals surface area contributed by atoms with Crippen LogP contribution in [0, 0.1) is 0 Å². The van der Waals surface area contributed by atoms with Gasteiger partial charge in [0.2, 0.25) is 10.0 Å². The second-order valence-electron chi connectivity index (χ2n) is 4.90. The van der Waals surface area contributed by atoms with Gasteiger partial charge in [0.25, 0.3) is 0 Å². The SMILES string of the molecule is C[C@@H]1OCC[C@H]1S(=O)(=O)N(C)Cc1ccccc1N. The highest BCUT2D eigenvalue weighted by molar-refractivity contribution is 7.89. The highest BCUT2D eigenvalue weighted by atomic mass is 32.2. The zero-order chi connectivity index (χ0) is 14.0. The minimum Gasteiger partial charge on any atom is -0.398 e. The number of anilines is 1. The van der Waals surface area contributed by atoms with Gasteiger partial charge in [-0.05, 0) is 25.0 Å². The first-order chi connectivity index (χ1) is 8.93. The molecule has 0 radical (unpaired) electrons. The summed E-state index contributed by atoms with van der Waals surface area (Å²) >= 11 is 0. The van der Waals surface area contributed by atoms with E-state index < -0.39 is 15.3 Å². The predicted octanol–water partition coefficient (Wildman–Crippen LogP) is 1.21. The minimum absolute atomic E-state index is 0.249. The molecule has 5 nitrogen and oxygen atoms in total. The fraction of sp³-hybridized carbons (Fsp3) is 0.538. The molecule has 19 heavy (non-hydrogen) atoms. The third-order valence-electron chi connectivity index (χ3n) is 3.57. The van der Waals surface area contributed by atoms with Crippen molar-refractivity contribution in [3.63, 3.8) is 0 Å². The molecule has 0 bridgehead atoms. The summed E-state index contributed by atoms with van der Waals surface area (Å²) in [5.74, 6) is 0. The van der Waals surface area contributed by atoms with Gasteiger partial charge in [-0.3, -0.25) is 0 Å². The molecule has 6 heteroatoms. The van der Waals surface area contributed by atoms with Gasteiger partial charge in [-0.25, -0.2) is 12.7 Å². The van der Waals surface area contributed by atoms with Crippen molar-refractivity contribution in [3.05, 3.63) is 29.8 Å². The van der Waals surface area contributed by atoms with Crippen molar-refractivity contribution in [1.29, 1.82) is 0 Å². The summed E-state index contributed by atoms with van der Waals surface area (Å²) in [7, 11) is -1.76. The van der Waals surface area contributed by atoms with Gasteiger partial charge in [-0.2, -0.15) is 0 Å². The number of hydrogen-bond acceptors (Lipinski definition) is 4. The van der Waals surface area contributed by atoms with Gasteiger partial charge in [-0.1, -0.05) is 18.2 Å². The van der Waals surface area contributed by atoms with Crippen molar-refractivity contribution in [1.82, 2.24) is 4.31 Å². The molecule has 1 aliphatic heterocycles. The standard InChI is InChI=1S/C13H20N2O3S/c1-10-13(7-8-18-10)19(16,17)15(2)9-11-5-3-4-6-12(11)14/h3-6,10,13H,7-9,14H2,1-2H3/t10-,13+/m0/s1. The number of hydrogen-bond donors (Lipinski definition) is 1. The molecular formula is C13H20N2O3S. The predicted molar refractivity (Wildman–Crippen MR) is 75.1 cm³/mol. The van der Waals surface area contributed by atoms with Gasteiger partial charge in [-0.15, -0.1) is 0 Å². The van der Waals surface area contributed by atoms with Crippen molar-refractivity contribution in [2.24, 2.45) is 0 Å². The van der Waals surface area contributed by atoms with Gasteiger partial charge in [0.1, 0.15) is 5.25 Å². The molecule has 2 atom stereocenters. The van der Waals surface area contributed by atoms with E-state index in [1.165, 1.54) is 4.31 Å². The highest BCUT2D eigenvalue weighted by Gasteiger charge is 2.38. The molecule has 0 saturated carbocycles. The van der Waals surface area contributed by atoms with Crippen LogP contribution in [0.3, 0.4) is 0 Å². The van der Waals surface area contributed by atoms with Crippen LogP contribution in [0.15, 0.2) is 24.3 Å². The van der Waals surface area contributed by atoms with E-state index in [-0.39, 0.29) is 12.6 Å². The van der Waals surface area contributed by atoms with Crippen LogP contribution < -0.4 is 5.73 Å². The van der Waals surface area contributed by atoms with Crippen molar-refractivity contribution >= 4 is 15.7 Å². The Hall–Kier alpha value is -1.11. The average molecular weight is 284 g/mol. The van der Waals surface area contributed by atoms with Gasteiger partial charge in [0, 0.05) is 25.9 Å². The van der Waals surface area contributed by atoms with Crippen molar-refractivity contribution in [3.8, 4) is 0 Å². The Labute approximate surface area is 114 Å². The molecule has 1 aromatic carbocycles. The minimum atomic E-state index is -3.35. The van der Waals surface area contributed by atoms with Gasteiger partial charge in [0.15, 0.2) is 0 Å². The van der Waals surface area contributed by atoms with Gasteiger partial charge < -0.3 is 10.5 Å². The Balaban J connectivity index is 2.15. The van der Waals surface area contributed by atoms with Crippen LogP contribution >= 0.6 is 0 Å². The topological polar surface area (TPSA) is 72.6 Å². The maximum Gasteiger partial charge on any atom is 0.219 e. The zero-order valence-electron chi connectivity index (χ0n) is 11.2. The Morgan fingerprint density at radius 1 is 1.42 bits per heavy atom. The summed E-state index contributed by atoms with van der Waals surface area (Å²) in [6.45, 7) is 2.60. The fourth-order valence-electron chi connectivity index (χ4n) is 2.34. The zero-order valence-corrected chi connectivity index (χ0v) is 12.1. The van der Waals surface area contributed by atoms with Crippen LogP contribution in [0.2, 0.25) is 0 Å². The maximum absolute atomic E-state index is 12.5. The van der Waals surface area contributed by atoms with E-state index in [4.69, 9.17) is 10.5 Å². The first-order valence-corrected chi connectivity index (χ1v) is 7.83. The fourth-order valence-corrected chi connectivity index (χ4v) is 4.08. The smallest absolute Gasteiger partial charge is 0.219 e. The average Bonchev–Trinajstić information content (AvgIpc) is 2.79. The van der Waals surface area contributed by atoms with Crippen LogP contribution in [0.1, 0.15) is 18.9 Å². The van der Waals surface area contributed by atoms with E-state index in [1.807, 2.05) is 18.2 Å². The number of nitrogens with two attached hydrogens (primary N) is 1. The second-order valence-corrected chi connectivity index (χ2v) is 7.16. The van der Waals surface area contributed by atoms with E-state index in [0.29, 0.717) is 18.7 Å². The molecule has 2 rings (SSSR count). The van der Waals surface area contributed by atoms with E-state index >= 15 is 0 Å².